The number of nitrogens with one attached hydrogen (secondary N) is 1. The first-order valence-electron chi connectivity index (χ1n) is 9.41. The molecule has 2 amide bonds. The number of amides is 2. The number of primary amides is 1. The van der Waals surface area contributed by atoms with E-state index in [0.29, 0.717) is 24.6 Å². The van der Waals surface area contributed by atoms with E-state index in [2.05, 4.69) is 21.5 Å². The van der Waals surface area contributed by atoms with Crippen LogP contribution in [-0.4, -0.2) is 57.8 Å². The van der Waals surface area contributed by atoms with E-state index in [-0.39, 0.29) is 34.6 Å². The largest absolute Gasteiger partial charge is 0.366 e. The number of imidazole rings is 1. The number of aromatic nitrogens is 3. The number of anilines is 1. The average molecular weight is 400 g/mol. The van der Waals surface area contributed by atoms with Crippen LogP contribution in [0.25, 0.3) is 11.4 Å². The molecule has 1 aliphatic rings. The summed E-state index contributed by atoms with van der Waals surface area (Å²) in [6.07, 6.45) is 4.47. The molecule has 154 valence electrons. The van der Waals surface area contributed by atoms with Gasteiger partial charge in [0, 0.05) is 37.9 Å². The zero-order valence-corrected chi connectivity index (χ0v) is 16.8. The van der Waals surface area contributed by atoms with Crippen molar-refractivity contribution in [3.8, 4) is 11.4 Å². The lowest BCUT2D eigenvalue weighted by molar-refractivity contribution is -0.127. The molecule has 0 aromatic carbocycles. The Morgan fingerprint density at radius 1 is 1.41 bits per heavy atom. The first-order valence-corrected chi connectivity index (χ1v) is 9.41. The van der Waals surface area contributed by atoms with Crippen LogP contribution in [0.2, 0.25) is 0 Å². The molecule has 0 saturated carbocycles. The second kappa shape index (κ2) is 8.02. The van der Waals surface area contributed by atoms with Gasteiger partial charge in [-0.1, -0.05) is 6.58 Å². The number of rotatable bonds is 5. The number of likely N-dealkylation sites (N-methyl/N-ethyl adjacent to an activating group) is 1. The molecule has 1 saturated heterocycles. The maximum atomic E-state index is 15.2. The first kappa shape index (κ1) is 20.5. The molecular formula is C20H25FN6O2. The van der Waals surface area contributed by atoms with E-state index in [1.54, 1.807) is 30.0 Å². The fraction of sp³-hybridized carbons (Fsp3) is 0.400. The number of piperidine rings is 1. The van der Waals surface area contributed by atoms with Crippen LogP contribution >= 0.6 is 0 Å². The van der Waals surface area contributed by atoms with Crippen molar-refractivity contribution >= 4 is 17.6 Å². The van der Waals surface area contributed by atoms with E-state index >= 15 is 4.39 Å². The Hall–Kier alpha value is -3.23. The third-order valence-corrected chi connectivity index (χ3v) is 5.31. The van der Waals surface area contributed by atoms with E-state index in [0.717, 1.165) is 12.8 Å². The zero-order chi connectivity index (χ0) is 21.3. The summed E-state index contributed by atoms with van der Waals surface area (Å²) in [5.41, 5.74) is 6.30. The van der Waals surface area contributed by atoms with Gasteiger partial charge in [0.2, 0.25) is 5.91 Å². The quantitative estimate of drug-likeness (QED) is 0.746. The second-order valence-corrected chi connectivity index (χ2v) is 7.23. The molecule has 1 fully saturated rings. The molecule has 0 aliphatic carbocycles. The molecule has 9 heteroatoms. The van der Waals surface area contributed by atoms with Gasteiger partial charge in [0.1, 0.15) is 17.2 Å². The van der Waals surface area contributed by atoms with Gasteiger partial charge in [-0.15, -0.1) is 0 Å². The second-order valence-electron chi connectivity index (χ2n) is 7.23. The molecule has 0 radical (unpaired) electrons. The minimum Gasteiger partial charge on any atom is -0.366 e. The lowest BCUT2D eigenvalue weighted by atomic mass is 10.0. The summed E-state index contributed by atoms with van der Waals surface area (Å²) >= 11 is 0. The van der Waals surface area contributed by atoms with E-state index in [1.807, 2.05) is 0 Å². The number of H-pyrrole nitrogens is 1. The van der Waals surface area contributed by atoms with E-state index in [9.17, 15) is 9.59 Å². The number of pyridine rings is 1. The average Bonchev–Trinajstić information content (AvgIpc) is 3.14. The fourth-order valence-electron chi connectivity index (χ4n) is 3.70. The number of aryl methyl sites for hydroxylation is 1. The summed E-state index contributed by atoms with van der Waals surface area (Å²) in [6, 6.07) is -0.123. The summed E-state index contributed by atoms with van der Waals surface area (Å²) in [4.78, 5) is 39.1. The Morgan fingerprint density at radius 2 is 2.14 bits per heavy atom. The van der Waals surface area contributed by atoms with Gasteiger partial charge in [-0.25, -0.2) is 14.4 Å². The van der Waals surface area contributed by atoms with Crippen LogP contribution in [0.4, 0.5) is 10.2 Å². The molecule has 0 unspecified atom stereocenters. The van der Waals surface area contributed by atoms with Gasteiger partial charge in [-0.3, -0.25) is 9.59 Å². The highest BCUT2D eigenvalue weighted by Gasteiger charge is 2.30. The SMILES string of the molecule is C=CC(=O)N1CCC[C@@H](N(C)c2nc(-c3c[nH]c(C)n3)c(C(N)=O)c(C)c2F)C1. The molecule has 3 N–H and O–H groups in total. The fourth-order valence-corrected chi connectivity index (χ4v) is 3.70. The maximum Gasteiger partial charge on any atom is 0.251 e. The Kier molecular flexibility index (Phi) is 5.67. The van der Waals surface area contributed by atoms with Crippen LogP contribution < -0.4 is 10.6 Å². The lowest BCUT2D eigenvalue weighted by Crippen LogP contribution is -2.48. The molecule has 1 atom stereocenters. The Bertz CT molecular complexity index is 970. The van der Waals surface area contributed by atoms with Gasteiger partial charge in [0.25, 0.3) is 5.91 Å². The lowest BCUT2D eigenvalue weighted by Gasteiger charge is -2.38. The smallest absolute Gasteiger partial charge is 0.251 e. The standard InChI is InChI=1S/C20H25FN6O2/c1-5-15(28)27-8-6-7-13(10-27)26(4)20-17(21)11(2)16(19(22)29)18(25-20)14-9-23-12(3)24-14/h5,9,13H,1,6-8,10H2,2-4H3,(H2,22,29)(H,23,24)/t13-/m1/s1. The summed E-state index contributed by atoms with van der Waals surface area (Å²) in [6.45, 7) is 7.89. The van der Waals surface area contributed by atoms with Crippen molar-refractivity contribution in [2.45, 2.75) is 32.7 Å². The molecule has 3 heterocycles. The number of nitrogens with zero attached hydrogens (tertiary/aromatic N) is 4. The highest BCUT2D eigenvalue weighted by molar-refractivity contribution is 6.00. The zero-order valence-electron chi connectivity index (χ0n) is 16.8. The molecule has 29 heavy (non-hydrogen) atoms. The number of hydrogen-bond donors (Lipinski definition) is 2. The van der Waals surface area contributed by atoms with Crippen molar-refractivity contribution in [3.63, 3.8) is 0 Å². The van der Waals surface area contributed by atoms with Crippen LogP contribution in [0.1, 0.15) is 34.6 Å². The van der Waals surface area contributed by atoms with Crippen LogP contribution in [0, 0.1) is 19.7 Å². The molecular weight excluding hydrogens is 375 g/mol. The Morgan fingerprint density at radius 3 is 2.72 bits per heavy atom. The number of carbonyl (C=O) groups excluding carboxylic acids is 2. The number of hydrogen-bond acceptors (Lipinski definition) is 5. The van der Waals surface area contributed by atoms with E-state index in [4.69, 9.17) is 5.73 Å². The number of carbonyl (C=O) groups is 2. The minimum absolute atomic E-state index is 0.0123. The first-order chi connectivity index (χ1) is 13.7. The summed E-state index contributed by atoms with van der Waals surface area (Å²) in [7, 11) is 1.74. The molecule has 2 aromatic heterocycles. The number of aromatic amines is 1. The van der Waals surface area contributed by atoms with Crippen molar-refractivity contribution in [2.24, 2.45) is 5.73 Å². The topological polar surface area (TPSA) is 108 Å². The van der Waals surface area contributed by atoms with Crippen LogP contribution in [0.15, 0.2) is 18.9 Å². The van der Waals surface area contributed by atoms with Crippen molar-refractivity contribution in [2.75, 3.05) is 25.0 Å². The van der Waals surface area contributed by atoms with Crippen molar-refractivity contribution in [1.29, 1.82) is 0 Å². The Balaban J connectivity index is 2.05. The highest BCUT2D eigenvalue weighted by atomic mass is 19.1. The number of nitrogens with two attached hydrogens (primary N) is 1. The third-order valence-electron chi connectivity index (χ3n) is 5.31. The van der Waals surface area contributed by atoms with Crippen LogP contribution in [-0.2, 0) is 4.79 Å². The summed E-state index contributed by atoms with van der Waals surface area (Å²) in [5, 5.41) is 0. The molecule has 1 aliphatic heterocycles. The van der Waals surface area contributed by atoms with Crippen molar-refractivity contribution < 1.29 is 14.0 Å². The minimum atomic E-state index is -0.765. The van der Waals surface area contributed by atoms with Crippen molar-refractivity contribution in [3.05, 3.63) is 41.6 Å². The van der Waals surface area contributed by atoms with Crippen molar-refractivity contribution in [1.82, 2.24) is 19.9 Å². The number of likely N-dealkylation sites (tertiary alicyclic amines) is 1. The summed E-state index contributed by atoms with van der Waals surface area (Å²) in [5.74, 6) is -0.783. The van der Waals surface area contributed by atoms with E-state index < -0.39 is 11.7 Å². The molecule has 3 rings (SSSR count). The predicted octanol–water partition coefficient (Wildman–Crippen LogP) is 1.94. The molecule has 2 aromatic rings. The van der Waals surface area contributed by atoms with E-state index in [1.165, 1.54) is 13.0 Å². The Labute approximate surface area is 168 Å². The molecule has 8 nitrogen and oxygen atoms in total. The van der Waals surface area contributed by atoms with Gasteiger partial charge in [0.05, 0.1) is 5.56 Å². The van der Waals surface area contributed by atoms with Crippen LogP contribution in [0.3, 0.4) is 0 Å². The molecule has 0 bridgehead atoms. The predicted molar refractivity (Wildman–Crippen MR) is 108 cm³/mol. The van der Waals surface area contributed by atoms with Gasteiger partial charge in [-0.2, -0.15) is 0 Å². The van der Waals surface area contributed by atoms with Gasteiger partial charge >= 0.3 is 0 Å². The normalized spacial score (nSPS) is 16.6. The van der Waals surface area contributed by atoms with Gasteiger partial charge in [0.15, 0.2) is 11.6 Å². The van der Waals surface area contributed by atoms with Crippen LogP contribution in [0.5, 0.6) is 0 Å². The monoisotopic (exact) mass is 400 g/mol. The summed E-state index contributed by atoms with van der Waals surface area (Å²) < 4.78 is 15.2. The highest BCUT2D eigenvalue weighted by Crippen LogP contribution is 2.31. The third kappa shape index (κ3) is 3.85. The number of halogens is 1. The molecule has 0 spiro atoms. The van der Waals surface area contributed by atoms with Gasteiger partial charge < -0.3 is 20.5 Å². The van der Waals surface area contributed by atoms with Gasteiger partial charge in [-0.05, 0) is 32.8 Å². The maximum absolute atomic E-state index is 15.2.